The van der Waals surface area contributed by atoms with Crippen molar-refractivity contribution in [1.29, 1.82) is 0 Å². The Labute approximate surface area is 172 Å². The van der Waals surface area contributed by atoms with E-state index in [1.54, 1.807) is 19.3 Å². The zero-order chi connectivity index (χ0) is 22.1. The number of nitrogens with zero attached hydrogens (tertiary/aromatic N) is 2. The van der Waals surface area contributed by atoms with Crippen LogP contribution in [-0.4, -0.2) is 52.2 Å². The highest BCUT2D eigenvalue weighted by Crippen LogP contribution is 2.26. The van der Waals surface area contributed by atoms with E-state index in [1.807, 2.05) is 23.1 Å². The van der Waals surface area contributed by atoms with Crippen LogP contribution in [0.1, 0.15) is 18.9 Å². The maximum atomic E-state index is 11.7. The van der Waals surface area contributed by atoms with Crippen LogP contribution in [0.2, 0.25) is 0 Å². The second-order valence-corrected chi connectivity index (χ2v) is 6.85. The minimum Gasteiger partial charge on any atom is -0.488 e. The molecule has 0 spiro atoms. The predicted molar refractivity (Wildman–Crippen MR) is 103 cm³/mol. The number of benzene rings is 1. The van der Waals surface area contributed by atoms with Crippen molar-refractivity contribution in [2.75, 3.05) is 13.1 Å². The lowest BCUT2D eigenvalue weighted by Crippen LogP contribution is -2.48. The van der Waals surface area contributed by atoms with Crippen LogP contribution >= 0.6 is 0 Å². The third-order valence-electron chi connectivity index (χ3n) is 4.61. The van der Waals surface area contributed by atoms with Gasteiger partial charge in [0.2, 0.25) is 5.91 Å². The number of rotatable bonds is 4. The van der Waals surface area contributed by atoms with E-state index in [1.165, 1.54) is 5.56 Å². The molecule has 2 heterocycles. The topological polar surface area (TPSA) is 79.7 Å². The number of carboxylic acids is 1. The number of halogens is 3. The third kappa shape index (κ3) is 7.38. The fraction of sp³-hybridized carbons (Fsp3) is 0.381. The molecule has 1 N–H and O–H groups in total. The van der Waals surface area contributed by atoms with E-state index in [-0.39, 0.29) is 17.9 Å². The maximum absolute atomic E-state index is 11.7. The van der Waals surface area contributed by atoms with Gasteiger partial charge in [-0.25, -0.2) is 4.79 Å². The monoisotopic (exact) mass is 424 g/mol. The maximum Gasteiger partial charge on any atom is 0.490 e. The minimum absolute atomic E-state index is 0.106. The fourth-order valence-electron chi connectivity index (χ4n) is 3.16. The summed E-state index contributed by atoms with van der Waals surface area (Å²) in [6.45, 7) is 3.14. The van der Waals surface area contributed by atoms with E-state index in [2.05, 4.69) is 29.2 Å². The summed E-state index contributed by atoms with van der Waals surface area (Å²) < 4.78 is 37.9. The number of carboxylic acid groups (broad SMARTS) is 1. The standard InChI is InChI=1S/C19H22N2O2.C2HF3O2/c1-15(22)21-11-9-19(23-18-8-5-10-20-13-18)17(14-21)12-16-6-3-2-4-7-16;3-2(4,5)1(6)7/h2-8,10,13,17,19H,9,11-12,14H2,1H3;(H,6,7)/t17-,19+;/m0./s1. The van der Waals surface area contributed by atoms with Crippen LogP contribution in [0.25, 0.3) is 0 Å². The van der Waals surface area contributed by atoms with Crippen LogP contribution in [0.5, 0.6) is 5.75 Å². The van der Waals surface area contributed by atoms with Gasteiger partial charge in [-0.05, 0) is 24.1 Å². The highest BCUT2D eigenvalue weighted by atomic mass is 19.4. The summed E-state index contributed by atoms with van der Waals surface area (Å²) in [4.78, 5) is 26.7. The van der Waals surface area contributed by atoms with Crippen molar-refractivity contribution in [3.63, 3.8) is 0 Å². The van der Waals surface area contributed by atoms with Crippen molar-refractivity contribution in [1.82, 2.24) is 9.88 Å². The summed E-state index contributed by atoms with van der Waals surface area (Å²) in [5.41, 5.74) is 1.28. The van der Waals surface area contributed by atoms with E-state index in [4.69, 9.17) is 14.6 Å². The number of hydrogen-bond acceptors (Lipinski definition) is 4. The van der Waals surface area contributed by atoms with Gasteiger partial charge in [-0.3, -0.25) is 9.78 Å². The van der Waals surface area contributed by atoms with Crippen LogP contribution in [0.3, 0.4) is 0 Å². The number of piperidine rings is 1. The number of carbonyl (C=O) groups is 2. The Bertz CT molecular complexity index is 816. The van der Waals surface area contributed by atoms with E-state index >= 15 is 0 Å². The number of hydrogen-bond donors (Lipinski definition) is 1. The van der Waals surface area contributed by atoms with Gasteiger partial charge in [0.1, 0.15) is 11.9 Å². The number of amides is 1. The average Bonchev–Trinajstić information content (AvgIpc) is 2.70. The smallest absolute Gasteiger partial charge is 0.488 e. The number of ether oxygens (including phenoxy) is 1. The lowest BCUT2D eigenvalue weighted by molar-refractivity contribution is -0.192. The molecule has 2 aromatic rings. The normalized spacial score (nSPS) is 18.7. The van der Waals surface area contributed by atoms with Crippen LogP contribution in [0.15, 0.2) is 54.9 Å². The number of likely N-dealkylation sites (tertiary alicyclic amines) is 1. The first kappa shape index (κ1) is 23.2. The molecule has 0 bridgehead atoms. The zero-order valence-corrected chi connectivity index (χ0v) is 16.4. The lowest BCUT2D eigenvalue weighted by atomic mass is 9.88. The molecule has 6 nitrogen and oxygen atoms in total. The van der Waals surface area contributed by atoms with Gasteiger partial charge in [-0.1, -0.05) is 30.3 Å². The summed E-state index contributed by atoms with van der Waals surface area (Å²) in [7, 11) is 0. The minimum atomic E-state index is -5.08. The Morgan fingerprint density at radius 2 is 1.87 bits per heavy atom. The molecule has 30 heavy (non-hydrogen) atoms. The molecule has 1 aliphatic heterocycles. The quantitative estimate of drug-likeness (QED) is 0.812. The van der Waals surface area contributed by atoms with Crippen LogP contribution < -0.4 is 4.74 Å². The number of aliphatic carboxylic acids is 1. The molecule has 0 aliphatic carbocycles. The van der Waals surface area contributed by atoms with Crippen molar-refractivity contribution < 1.29 is 32.6 Å². The van der Waals surface area contributed by atoms with Crippen molar-refractivity contribution >= 4 is 11.9 Å². The van der Waals surface area contributed by atoms with E-state index in [0.717, 1.165) is 31.7 Å². The molecule has 1 saturated heterocycles. The number of carbonyl (C=O) groups excluding carboxylic acids is 1. The number of pyridine rings is 1. The fourth-order valence-corrected chi connectivity index (χ4v) is 3.16. The molecule has 1 fully saturated rings. The molecule has 0 saturated carbocycles. The van der Waals surface area contributed by atoms with Crippen molar-refractivity contribution in [3.8, 4) is 5.75 Å². The second-order valence-electron chi connectivity index (χ2n) is 6.85. The Balaban J connectivity index is 0.000000396. The summed E-state index contributed by atoms with van der Waals surface area (Å²) in [6.07, 6.45) is 0.278. The average molecular weight is 424 g/mol. The summed E-state index contributed by atoms with van der Waals surface area (Å²) >= 11 is 0. The van der Waals surface area contributed by atoms with Crippen molar-refractivity contribution in [2.24, 2.45) is 5.92 Å². The highest BCUT2D eigenvalue weighted by molar-refractivity contribution is 5.73. The van der Waals surface area contributed by atoms with Crippen molar-refractivity contribution in [2.45, 2.75) is 32.0 Å². The molecule has 0 radical (unpaired) electrons. The van der Waals surface area contributed by atoms with Crippen LogP contribution in [0.4, 0.5) is 13.2 Å². The Hall–Kier alpha value is -3.10. The third-order valence-corrected chi connectivity index (χ3v) is 4.61. The molecule has 0 unspecified atom stereocenters. The first-order valence-corrected chi connectivity index (χ1v) is 9.33. The molecule has 1 amide bonds. The van der Waals surface area contributed by atoms with Crippen LogP contribution in [0, 0.1) is 5.92 Å². The van der Waals surface area contributed by atoms with Gasteiger partial charge in [0.15, 0.2) is 0 Å². The Morgan fingerprint density at radius 3 is 2.40 bits per heavy atom. The van der Waals surface area contributed by atoms with Gasteiger partial charge in [0.05, 0.1) is 6.20 Å². The second kappa shape index (κ2) is 10.6. The largest absolute Gasteiger partial charge is 0.490 e. The molecule has 1 aliphatic rings. The van der Waals surface area contributed by atoms with Gasteiger partial charge < -0.3 is 14.7 Å². The van der Waals surface area contributed by atoms with Crippen molar-refractivity contribution in [3.05, 3.63) is 60.4 Å². The Kier molecular flexibility index (Phi) is 8.20. The molecular weight excluding hydrogens is 401 g/mol. The predicted octanol–water partition coefficient (Wildman–Crippen LogP) is 3.57. The number of alkyl halides is 3. The molecule has 1 aromatic heterocycles. The summed E-state index contributed by atoms with van der Waals surface area (Å²) in [6, 6.07) is 14.2. The zero-order valence-electron chi connectivity index (χ0n) is 16.4. The van der Waals surface area contributed by atoms with Gasteiger partial charge in [-0.2, -0.15) is 13.2 Å². The van der Waals surface area contributed by atoms with Gasteiger partial charge in [0.25, 0.3) is 0 Å². The Morgan fingerprint density at radius 1 is 1.20 bits per heavy atom. The molecule has 2 atom stereocenters. The van der Waals surface area contributed by atoms with E-state index in [0.29, 0.717) is 0 Å². The summed E-state index contributed by atoms with van der Waals surface area (Å²) in [5, 5.41) is 7.12. The lowest BCUT2D eigenvalue weighted by Gasteiger charge is -2.38. The molecular formula is C21H23F3N2O4. The van der Waals surface area contributed by atoms with Gasteiger partial charge in [-0.15, -0.1) is 0 Å². The van der Waals surface area contributed by atoms with Crippen LogP contribution in [-0.2, 0) is 16.0 Å². The van der Waals surface area contributed by atoms with E-state index in [9.17, 15) is 18.0 Å². The molecule has 9 heteroatoms. The molecule has 162 valence electrons. The van der Waals surface area contributed by atoms with Gasteiger partial charge >= 0.3 is 12.1 Å². The van der Waals surface area contributed by atoms with Gasteiger partial charge in [0, 0.05) is 38.5 Å². The number of aromatic nitrogens is 1. The highest BCUT2D eigenvalue weighted by Gasteiger charge is 2.38. The van der Waals surface area contributed by atoms with E-state index < -0.39 is 12.1 Å². The first-order chi connectivity index (χ1) is 14.2. The molecule has 3 rings (SSSR count). The molecule has 1 aromatic carbocycles. The SMILES string of the molecule is CC(=O)N1CC[C@@H](Oc2cccnc2)[C@@H](Cc2ccccc2)C1.O=C(O)C(F)(F)F. The first-order valence-electron chi connectivity index (χ1n) is 9.33. The summed E-state index contributed by atoms with van der Waals surface area (Å²) in [5.74, 6) is -1.53.